The lowest BCUT2D eigenvalue weighted by Crippen LogP contribution is -2.48. The number of hydrogen-bond acceptors (Lipinski definition) is 3. The molecule has 1 aromatic carbocycles. The van der Waals surface area contributed by atoms with Crippen molar-refractivity contribution < 1.29 is 4.74 Å². The van der Waals surface area contributed by atoms with Crippen molar-refractivity contribution in [3.05, 3.63) is 42.5 Å². The van der Waals surface area contributed by atoms with Crippen LogP contribution in [0.2, 0.25) is 0 Å². The Morgan fingerprint density at radius 1 is 1.26 bits per heavy atom. The molecule has 3 rings (SSSR count). The predicted octanol–water partition coefficient (Wildman–Crippen LogP) is 3.55. The second-order valence-corrected chi connectivity index (χ2v) is 7.21. The molecule has 1 aromatic rings. The average Bonchev–Trinajstić information content (AvgIpc) is 2.64. The van der Waals surface area contributed by atoms with Crippen molar-refractivity contribution in [2.24, 2.45) is 4.99 Å². The molecule has 27 heavy (non-hydrogen) atoms. The maximum Gasteiger partial charge on any atom is 0.191 e. The summed E-state index contributed by atoms with van der Waals surface area (Å²) in [5.41, 5.74) is 1.18. The van der Waals surface area contributed by atoms with E-state index in [2.05, 4.69) is 45.3 Å². The van der Waals surface area contributed by atoms with E-state index in [1.54, 1.807) is 0 Å². The lowest BCUT2D eigenvalue weighted by molar-refractivity contribution is 0.119. The number of rotatable bonds is 7. The van der Waals surface area contributed by atoms with Gasteiger partial charge in [0.25, 0.3) is 0 Å². The predicted molar refractivity (Wildman–Crippen MR) is 123 cm³/mol. The smallest absolute Gasteiger partial charge is 0.191 e. The van der Waals surface area contributed by atoms with Crippen LogP contribution in [0.15, 0.2) is 41.9 Å². The Morgan fingerprint density at radius 3 is 2.63 bits per heavy atom. The maximum atomic E-state index is 6.12. The molecular weight excluding hydrogens is 451 g/mol. The van der Waals surface area contributed by atoms with Crippen molar-refractivity contribution >= 4 is 29.9 Å². The fourth-order valence-corrected chi connectivity index (χ4v) is 3.44. The maximum absolute atomic E-state index is 6.12. The molecule has 5 nitrogen and oxygen atoms in total. The van der Waals surface area contributed by atoms with Gasteiger partial charge in [0.1, 0.15) is 5.75 Å². The van der Waals surface area contributed by atoms with Gasteiger partial charge in [-0.2, -0.15) is 0 Å². The number of guanidine groups is 1. The summed E-state index contributed by atoms with van der Waals surface area (Å²) < 4.78 is 6.12. The minimum absolute atomic E-state index is 0. The summed E-state index contributed by atoms with van der Waals surface area (Å²) in [4.78, 5) is 6.83. The number of aliphatic imine (C=N–C) groups is 1. The van der Waals surface area contributed by atoms with Gasteiger partial charge in [0.2, 0.25) is 0 Å². The lowest BCUT2D eigenvalue weighted by Gasteiger charge is -2.32. The zero-order valence-corrected chi connectivity index (χ0v) is 18.7. The Hall–Kier alpha value is -1.28. The molecular formula is C21H33IN4O. The fourth-order valence-electron chi connectivity index (χ4n) is 3.44. The standard InChI is InChI=1S/C21H32N4O.HI/c1-3-13-25-14-11-18(12-15-25)24-21(22-2)23-16-17-7-4-5-10-20(17)26-19-8-6-9-19;/h3-5,7,10,18-19H,1,6,8-9,11-16H2,2H3,(H2,22,23,24);1H. The van der Waals surface area contributed by atoms with Gasteiger partial charge in [0.15, 0.2) is 5.96 Å². The summed E-state index contributed by atoms with van der Waals surface area (Å²) in [6.07, 6.45) is 8.29. The van der Waals surface area contributed by atoms with Crippen molar-refractivity contribution in [2.45, 2.75) is 50.8 Å². The number of nitrogens with one attached hydrogen (secondary N) is 2. The molecule has 1 saturated carbocycles. The minimum atomic E-state index is 0. The minimum Gasteiger partial charge on any atom is -0.490 e. The molecule has 1 aliphatic heterocycles. The molecule has 1 heterocycles. The average molecular weight is 484 g/mol. The van der Waals surface area contributed by atoms with Crippen LogP contribution in [-0.2, 0) is 6.54 Å². The Balaban J connectivity index is 0.00000261. The molecule has 2 N–H and O–H groups in total. The molecule has 0 bridgehead atoms. The van der Waals surface area contributed by atoms with Gasteiger partial charge >= 0.3 is 0 Å². The van der Waals surface area contributed by atoms with Crippen LogP contribution in [0.1, 0.15) is 37.7 Å². The summed E-state index contributed by atoms with van der Waals surface area (Å²) in [5.74, 6) is 1.86. The number of hydrogen-bond donors (Lipinski definition) is 2. The van der Waals surface area contributed by atoms with Crippen molar-refractivity contribution in [3.8, 4) is 5.75 Å². The third-order valence-electron chi connectivity index (χ3n) is 5.30. The SMILES string of the molecule is C=CCN1CCC(NC(=NC)NCc2ccccc2OC2CCC2)CC1.I. The quantitative estimate of drug-likeness (QED) is 0.269. The molecule has 0 aromatic heterocycles. The van der Waals surface area contributed by atoms with Gasteiger partial charge in [-0.25, -0.2) is 0 Å². The Kier molecular flexibility index (Phi) is 9.41. The first-order valence-corrected chi connectivity index (χ1v) is 9.83. The highest BCUT2D eigenvalue weighted by atomic mass is 127. The van der Waals surface area contributed by atoms with E-state index in [9.17, 15) is 0 Å². The van der Waals surface area contributed by atoms with E-state index in [4.69, 9.17) is 4.74 Å². The van der Waals surface area contributed by atoms with Crippen LogP contribution in [0.4, 0.5) is 0 Å². The van der Waals surface area contributed by atoms with Crippen LogP contribution in [-0.4, -0.2) is 49.7 Å². The second-order valence-electron chi connectivity index (χ2n) is 7.21. The molecule has 0 radical (unpaired) electrons. The van der Waals surface area contributed by atoms with E-state index in [0.29, 0.717) is 12.1 Å². The summed E-state index contributed by atoms with van der Waals surface area (Å²) in [5, 5.41) is 7.01. The molecule has 0 unspecified atom stereocenters. The Morgan fingerprint density at radius 2 is 2.00 bits per heavy atom. The summed E-state index contributed by atoms with van der Waals surface area (Å²) in [6, 6.07) is 8.78. The van der Waals surface area contributed by atoms with Crippen molar-refractivity contribution in [3.63, 3.8) is 0 Å². The van der Waals surface area contributed by atoms with Gasteiger partial charge in [-0.05, 0) is 38.2 Å². The summed E-state index contributed by atoms with van der Waals surface area (Å²) >= 11 is 0. The molecule has 1 aliphatic carbocycles. The Labute approximate surface area is 180 Å². The van der Waals surface area contributed by atoms with Crippen LogP contribution in [0.25, 0.3) is 0 Å². The Bertz CT molecular complexity index is 610. The number of likely N-dealkylation sites (tertiary alicyclic amines) is 1. The highest BCUT2D eigenvalue weighted by Crippen LogP contribution is 2.27. The third kappa shape index (κ3) is 6.68. The van der Waals surface area contributed by atoms with Gasteiger partial charge in [0, 0.05) is 44.8 Å². The molecule has 2 fully saturated rings. The van der Waals surface area contributed by atoms with Crippen LogP contribution in [0, 0.1) is 0 Å². The van der Waals surface area contributed by atoms with Gasteiger partial charge in [-0.3, -0.25) is 9.89 Å². The molecule has 0 amide bonds. The highest BCUT2D eigenvalue weighted by Gasteiger charge is 2.21. The number of benzene rings is 1. The van der Waals surface area contributed by atoms with E-state index in [1.807, 2.05) is 19.2 Å². The number of piperidine rings is 1. The van der Waals surface area contributed by atoms with Gasteiger partial charge in [-0.1, -0.05) is 24.3 Å². The first-order valence-electron chi connectivity index (χ1n) is 9.83. The van der Waals surface area contributed by atoms with Crippen LogP contribution in [0.3, 0.4) is 0 Å². The van der Waals surface area contributed by atoms with Crippen molar-refractivity contribution in [2.75, 3.05) is 26.7 Å². The molecule has 1 saturated heterocycles. The van der Waals surface area contributed by atoms with Crippen LogP contribution >= 0.6 is 24.0 Å². The number of nitrogens with zero attached hydrogens (tertiary/aromatic N) is 2. The fraction of sp³-hybridized carbons (Fsp3) is 0.571. The van der Waals surface area contributed by atoms with Gasteiger partial charge in [-0.15, -0.1) is 30.6 Å². The van der Waals surface area contributed by atoms with Crippen LogP contribution < -0.4 is 15.4 Å². The van der Waals surface area contributed by atoms with E-state index in [0.717, 1.165) is 50.7 Å². The third-order valence-corrected chi connectivity index (χ3v) is 5.30. The zero-order valence-electron chi connectivity index (χ0n) is 16.3. The zero-order chi connectivity index (χ0) is 18.2. The molecule has 2 aliphatic rings. The number of ether oxygens (including phenoxy) is 1. The van der Waals surface area contributed by atoms with E-state index < -0.39 is 0 Å². The van der Waals surface area contributed by atoms with Crippen molar-refractivity contribution in [1.82, 2.24) is 15.5 Å². The topological polar surface area (TPSA) is 48.9 Å². The molecule has 0 spiro atoms. The first kappa shape index (κ1) is 22.0. The van der Waals surface area contributed by atoms with Crippen molar-refractivity contribution in [1.29, 1.82) is 0 Å². The number of para-hydroxylation sites is 1. The van der Waals surface area contributed by atoms with Gasteiger partial charge in [0.05, 0.1) is 6.10 Å². The summed E-state index contributed by atoms with van der Waals surface area (Å²) in [7, 11) is 1.83. The lowest BCUT2D eigenvalue weighted by atomic mass is 9.96. The van der Waals surface area contributed by atoms with Gasteiger partial charge < -0.3 is 15.4 Å². The van der Waals surface area contributed by atoms with Crippen LogP contribution in [0.5, 0.6) is 5.75 Å². The largest absolute Gasteiger partial charge is 0.490 e. The monoisotopic (exact) mass is 484 g/mol. The molecule has 150 valence electrons. The van der Waals surface area contributed by atoms with E-state index in [1.165, 1.54) is 24.8 Å². The second kappa shape index (κ2) is 11.5. The molecule has 0 atom stereocenters. The van der Waals surface area contributed by atoms with E-state index >= 15 is 0 Å². The summed E-state index contributed by atoms with van der Waals surface area (Å²) in [6.45, 7) is 7.75. The number of halogens is 1. The first-order chi connectivity index (χ1) is 12.8. The normalized spacial score (nSPS) is 18.9. The molecule has 6 heteroatoms. The highest BCUT2D eigenvalue weighted by molar-refractivity contribution is 14.0. The van der Waals surface area contributed by atoms with E-state index in [-0.39, 0.29) is 24.0 Å².